The number of rotatable bonds is 3. The third kappa shape index (κ3) is 3.09. The average molecular weight is 359 g/mol. The molecule has 0 atom stereocenters. The second-order valence-corrected chi connectivity index (χ2v) is 9.21. The highest BCUT2D eigenvalue weighted by Crippen LogP contribution is 2.30. The molecule has 0 radical (unpaired) electrons. The van der Waals surface area contributed by atoms with Crippen molar-refractivity contribution >= 4 is 20.8 Å². The van der Waals surface area contributed by atoms with Crippen molar-refractivity contribution in [1.82, 2.24) is 9.21 Å². The van der Waals surface area contributed by atoms with Crippen molar-refractivity contribution in [3.05, 3.63) is 42.0 Å². The molecule has 134 valence electrons. The van der Waals surface area contributed by atoms with Gasteiger partial charge in [0.2, 0.25) is 10.0 Å². The molecule has 25 heavy (non-hydrogen) atoms. The van der Waals surface area contributed by atoms with Crippen LogP contribution in [0.5, 0.6) is 0 Å². The molecule has 2 aromatic rings. The number of hydrogen-bond donors (Lipinski definition) is 0. The molecular formula is C20H26N2O2S. The smallest absolute Gasteiger partial charge is 0.243 e. The molecule has 1 saturated heterocycles. The summed E-state index contributed by atoms with van der Waals surface area (Å²) in [6.07, 6.45) is 5.18. The molecule has 0 N–H and O–H groups in total. The van der Waals surface area contributed by atoms with Crippen LogP contribution in [-0.2, 0) is 10.0 Å². The van der Waals surface area contributed by atoms with Gasteiger partial charge in [0, 0.05) is 37.6 Å². The van der Waals surface area contributed by atoms with Crippen LogP contribution < -0.4 is 0 Å². The van der Waals surface area contributed by atoms with Gasteiger partial charge in [0.25, 0.3) is 0 Å². The standard InChI is InChI=1S/C20H26N2O2S/c1-16-10-11-20(19-9-5-4-8-18(16)19)25(23,24)22-14-12-21(13-15-22)17-6-2-3-7-17/h4-5,8-11,17H,2-3,6-7,12-15H2,1H3. The minimum absolute atomic E-state index is 0.447. The number of hydrogen-bond acceptors (Lipinski definition) is 3. The van der Waals surface area contributed by atoms with Gasteiger partial charge < -0.3 is 0 Å². The fourth-order valence-electron chi connectivity index (χ4n) is 4.36. The van der Waals surface area contributed by atoms with Crippen molar-refractivity contribution in [1.29, 1.82) is 0 Å². The molecule has 2 aromatic carbocycles. The van der Waals surface area contributed by atoms with Crippen LogP contribution in [0.1, 0.15) is 31.2 Å². The number of nitrogens with zero attached hydrogens (tertiary/aromatic N) is 2. The van der Waals surface area contributed by atoms with Gasteiger partial charge in [0.05, 0.1) is 4.90 Å². The average Bonchev–Trinajstić information content (AvgIpc) is 3.17. The molecule has 0 bridgehead atoms. The van der Waals surface area contributed by atoms with Crippen LogP contribution in [0.15, 0.2) is 41.3 Å². The third-order valence-electron chi connectivity index (χ3n) is 5.83. The molecule has 1 saturated carbocycles. The molecule has 4 rings (SSSR count). The summed E-state index contributed by atoms with van der Waals surface area (Å²) in [5.41, 5.74) is 1.11. The normalized spacial score (nSPS) is 21.2. The van der Waals surface area contributed by atoms with Gasteiger partial charge in [-0.2, -0.15) is 4.31 Å². The van der Waals surface area contributed by atoms with Crippen LogP contribution in [0, 0.1) is 6.92 Å². The van der Waals surface area contributed by atoms with E-state index in [9.17, 15) is 8.42 Å². The van der Waals surface area contributed by atoms with Crippen molar-refractivity contribution < 1.29 is 8.42 Å². The maximum Gasteiger partial charge on any atom is 0.243 e. The zero-order chi connectivity index (χ0) is 17.4. The molecule has 2 aliphatic rings. The lowest BCUT2D eigenvalue weighted by Gasteiger charge is -2.37. The second kappa shape index (κ2) is 6.71. The largest absolute Gasteiger partial charge is 0.298 e. The summed E-state index contributed by atoms with van der Waals surface area (Å²) in [7, 11) is -3.45. The van der Waals surface area contributed by atoms with Gasteiger partial charge in [0.15, 0.2) is 0 Å². The molecule has 1 heterocycles. The highest BCUT2D eigenvalue weighted by molar-refractivity contribution is 7.89. The van der Waals surface area contributed by atoms with Crippen molar-refractivity contribution in [3.8, 4) is 0 Å². The zero-order valence-electron chi connectivity index (χ0n) is 14.8. The highest BCUT2D eigenvalue weighted by Gasteiger charge is 2.32. The molecule has 0 unspecified atom stereocenters. The first-order valence-electron chi connectivity index (χ1n) is 9.30. The fourth-order valence-corrected chi connectivity index (χ4v) is 5.98. The van der Waals surface area contributed by atoms with Crippen LogP contribution in [0.3, 0.4) is 0 Å². The summed E-state index contributed by atoms with van der Waals surface area (Å²) < 4.78 is 28.2. The minimum atomic E-state index is -3.45. The van der Waals surface area contributed by atoms with E-state index in [0.717, 1.165) is 29.4 Å². The first kappa shape index (κ1) is 17.0. The Morgan fingerprint density at radius 1 is 0.880 bits per heavy atom. The molecule has 0 spiro atoms. The first-order valence-corrected chi connectivity index (χ1v) is 10.7. The molecular weight excluding hydrogens is 332 g/mol. The van der Waals surface area contributed by atoms with Crippen LogP contribution in [0.4, 0.5) is 0 Å². The van der Waals surface area contributed by atoms with Crippen LogP contribution >= 0.6 is 0 Å². The maximum atomic E-state index is 13.2. The molecule has 5 heteroatoms. The van der Waals surface area contributed by atoms with Crippen molar-refractivity contribution in [2.75, 3.05) is 26.2 Å². The molecule has 1 aliphatic heterocycles. The lowest BCUT2D eigenvalue weighted by atomic mass is 10.1. The van der Waals surface area contributed by atoms with Gasteiger partial charge >= 0.3 is 0 Å². The lowest BCUT2D eigenvalue weighted by Crippen LogP contribution is -2.51. The SMILES string of the molecule is Cc1ccc(S(=O)(=O)N2CCN(C3CCCC3)CC2)c2ccccc12. The number of sulfonamides is 1. The second-order valence-electron chi connectivity index (χ2n) is 7.30. The van der Waals surface area contributed by atoms with E-state index in [1.807, 2.05) is 37.3 Å². The molecule has 0 aromatic heterocycles. The minimum Gasteiger partial charge on any atom is -0.298 e. The molecule has 0 amide bonds. The summed E-state index contributed by atoms with van der Waals surface area (Å²) in [6, 6.07) is 12.2. The van der Waals surface area contributed by atoms with Gasteiger partial charge in [-0.05, 0) is 36.8 Å². The quantitative estimate of drug-likeness (QED) is 0.844. The summed E-state index contributed by atoms with van der Waals surface area (Å²) in [4.78, 5) is 2.94. The highest BCUT2D eigenvalue weighted by atomic mass is 32.2. The van der Waals surface area contributed by atoms with Gasteiger partial charge in [0.1, 0.15) is 0 Å². The van der Waals surface area contributed by atoms with Crippen molar-refractivity contribution in [2.45, 2.75) is 43.5 Å². The number of piperazine rings is 1. The fraction of sp³-hybridized carbons (Fsp3) is 0.500. The third-order valence-corrected chi connectivity index (χ3v) is 7.79. The Labute approximate surface area is 150 Å². The van der Waals surface area contributed by atoms with Gasteiger partial charge in [-0.3, -0.25) is 4.90 Å². The van der Waals surface area contributed by atoms with E-state index in [4.69, 9.17) is 0 Å². The van der Waals surface area contributed by atoms with E-state index in [2.05, 4.69) is 4.90 Å². The van der Waals surface area contributed by atoms with Gasteiger partial charge in [-0.15, -0.1) is 0 Å². The number of benzene rings is 2. The van der Waals surface area contributed by atoms with E-state index in [-0.39, 0.29) is 0 Å². The van der Waals surface area contributed by atoms with Crippen molar-refractivity contribution in [2.24, 2.45) is 0 Å². The maximum absolute atomic E-state index is 13.2. The zero-order valence-corrected chi connectivity index (χ0v) is 15.6. The van der Waals surface area contributed by atoms with E-state index in [1.54, 1.807) is 10.4 Å². The number of aryl methyl sites for hydroxylation is 1. The Morgan fingerprint density at radius 3 is 2.20 bits per heavy atom. The predicted molar refractivity (Wildman–Crippen MR) is 101 cm³/mol. The molecule has 4 nitrogen and oxygen atoms in total. The molecule has 2 fully saturated rings. The summed E-state index contributed by atoms with van der Waals surface area (Å²) in [5, 5.41) is 1.86. The summed E-state index contributed by atoms with van der Waals surface area (Å²) in [5.74, 6) is 0. The topological polar surface area (TPSA) is 40.6 Å². The Morgan fingerprint density at radius 2 is 1.52 bits per heavy atom. The van der Waals surface area contributed by atoms with Gasteiger partial charge in [-0.25, -0.2) is 8.42 Å². The van der Waals surface area contributed by atoms with E-state index >= 15 is 0 Å². The first-order chi connectivity index (χ1) is 12.1. The number of fused-ring (bicyclic) bond motifs is 1. The molecule has 1 aliphatic carbocycles. The van der Waals surface area contributed by atoms with Crippen molar-refractivity contribution in [3.63, 3.8) is 0 Å². The summed E-state index contributed by atoms with van der Waals surface area (Å²) >= 11 is 0. The predicted octanol–water partition coefficient (Wildman–Crippen LogP) is 3.40. The van der Waals surface area contributed by atoms with E-state index < -0.39 is 10.0 Å². The van der Waals surface area contributed by atoms with E-state index in [0.29, 0.717) is 24.0 Å². The lowest BCUT2D eigenvalue weighted by molar-refractivity contribution is 0.139. The van der Waals surface area contributed by atoms with Crippen LogP contribution in [-0.4, -0.2) is 49.8 Å². The Bertz CT molecular complexity index is 864. The van der Waals surface area contributed by atoms with Crippen LogP contribution in [0.25, 0.3) is 10.8 Å². The Kier molecular flexibility index (Phi) is 4.56. The Balaban J connectivity index is 1.60. The van der Waals surface area contributed by atoms with Gasteiger partial charge in [-0.1, -0.05) is 43.2 Å². The summed E-state index contributed by atoms with van der Waals surface area (Å²) in [6.45, 7) is 4.93. The van der Waals surface area contributed by atoms with Crippen LogP contribution in [0.2, 0.25) is 0 Å². The van der Waals surface area contributed by atoms with E-state index in [1.165, 1.54) is 25.7 Å². The Hall–Kier alpha value is -1.43. The monoisotopic (exact) mass is 358 g/mol.